The van der Waals surface area contributed by atoms with Crippen LogP contribution in [-0.2, 0) is 0 Å². The van der Waals surface area contributed by atoms with Gasteiger partial charge >= 0.3 is 0 Å². The Morgan fingerprint density at radius 2 is 1.82 bits per heavy atom. The Morgan fingerprint density at radius 1 is 1.36 bits per heavy atom. The lowest BCUT2D eigenvalue weighted by Crippen LogP contribution is -2.40. The Kier molecular flexibility index (Phi) is 8.26. The number of nitrogens with one attached hydrogen (secondary N) is 1. The number of guanidine groups is 1. The van der Waals surface area contributed by atoms with E-state index in [0.717, 1.165) is 5.96 Å². The first-order valence-corrected chi connectivity index (χ1v) is 3.48. The van der Waals surface area contributed by atoms with Crippen molar-refractivity contribution < 1.29 is 0 Å². The molecule has 0 aromatic carbocycles. The van der Waals surface area contributed by atoms with Crippen LogP contribution in [0, 0.1) is 0 Å². The predicted octanol–water partition coefficient (Wildman–Crippen LogP) is 1.15. The zero-order valence-corrected chi connectivity index (χ0v) is 10.2. The summed E-state index contributed by atoms with van der Waals surface area (Å²) in [4.78, 5) is 6.02. The summed E-state index contributed by atoms with van der Waals surface area (Å²) in [5, 5.41) is 3.20. The van der Waals surface area contributed by atoms with Gasteiger partial charge in [-0.05, 0) is 13.8 Å². The van der Waals surface area contributed by atoms with Gasteiger partial charge in [0.25, 0.3) is 0 Å². The highest BCUT2D eigenvalue weighted by Crippen LogP contribution is 1.82. The van der Waals surface area contributed by atoms with Gasteiger partial charge in [-0.25, -0.2) is 0 Å². The third-order valence-electron chi connectivity index (χ3n) is 1.05. The van der Waals surface area contributed by atoms with Crippen LogP contribution in [0.5, 0.6) is 0 Å². The fraction of sp³-hybridized carbons (Fsp3) is 0.857. The van der Waals surface area contributed by atoms with Gasteiger partial charge in [0.2, 0.25) is 0 Å². The van der Waals surface area contributed by atoms with Gasteiger partial charge in [0.1, 0.15) is 0 Å². The van der Waals surface area contributed by atoms with E-state index in [-0.39, 0.29) is 24.0 Å². The zero-order valence-electron chi connectivity index (χ0n) is 7.88. The standard InChI is InChI=1S/C7H17N3.HI/c1-6(2)9-7(8-3)10(4)5;/h6H,1-5H3,(H,8,9);1H. The Morgan fingerprint density at radius 3 is 1.91 bits per heavy atom. The second kappa shape index (κ2) is 6.69. The Hall–Kier alpha value is 0. The van der Waals surface area contributed by atoms with Crippen LogP contribution in [0.2, 0.25) is 0 Å². The first-order valence-electron chi connectivity index (χ1n) is 3.48. The third kappa shape index (κ3) is 6.40. The summed E-state index contributed by atoms with van der Waals surface area (Å²) in [7, 11) is 5.72. The van der Waals surface area contributed by atoms with Gasteiger partial charge in [-0.15, -0.1) is 24.0 Å². The molecule has 4 heteroatoms. The average Bonchev–Trinajstić information content (AvgIpc) is 1.81. The van der Waals surface area contributed by atoms with Gasteiger partial charge in [-0.1, -0.05) is 0 Å². The largest absolute Gasteiger partial charge is 0.354 e. The lowest BCUT2D eigenvalue weighted by Gasteiger charge is -2.18. The van der Waals surface area contributed by atoms with Gasteiger partial charge in [0, 0.05) is 27.2 Å². The highest BCUT2D eigenvalue weighted by Gasteiger charge is 1.99. The summed E-state index contributed by atoms with van der Waals surface area (Å²) < 4.78 is 0. The van der Waals surface area contributed by atoms with Crippen molar-refractivity contribution in [2.24, 2.45) is 4.99 Å². The van der Waals surface area contributed by atoms with Crippen molar-refractivity contribution in [1.82, 2.24) is 10.2 Å². The average molecular weight is 271 g/mol. The lowest BCUT2D eigenvalue weighted by molar-refractivity contribution is 0.562. The molecule has 0 radical (unpaired) electrons. The minimum Gasteiger partial charge on any atom is -0.354 e. The van der Waals surface area contributed by atoms with Crippen LogP contribution in [-0.4, -0.2) is 38.0 Å². The molecule has 0 saturated carbocycles. The Balaban J connectivity index is 0. The summed E-state index contributed by atoms with van der Waals surface area (Å²) in [6.45, 7) is 4.18. The molecule has 0 fully saturated rings. The second-order valence-corrected chi connectivity index (χ2v) is 2.74. The lowest BCUT2D eigenvalue weighted by atomic mass is 10.4. The fourth-order valence-electron chi connectivity index (χ4n) is 0.652. The summed E-state index contributed by atoms with van der Waals surface area (Å²) in [6.07, 6.45) is 0. The van der Waals surface area contributed by atoms with E-state index in [1.165, 1.54) is 0 Å². The van der Waals surface area contributed by atoms with Crippen molar-refractivity contribution in [2.45, 2.75) is 19.9 Å². The van der Waals surface area contributed by atoms with Crippen LogP contribution < -0.4 is 5.32 Å². The van der Waals surface area contributed by atoms with Gasteiger partial charge < -0.3 is 10.2 Å². The first kappa shape index (κ1) is 13.6. The van der Waals surface area contributed by atoms with Crippen LogP contribution in [0.3, 0.4) is 0 Å². The quantitative estimate of drug-likeness (QED) is 0.440. The fourth-order valence-corrected chi connectivity index (χ4v) is 0.652. The first-order chi connectivity index (χ1) is 4.57. The number of hydrogen-bond acceptors (Lipinski definition) is 1. The van der Waals surface area contributed by atoms with Crippen molar-refractivity contribution in [3.05, 3.63) is 0 Å². The molecule has 68 valence electrons. The molecule has 0 amide bonds. The van der Waals surface area contributed by atoms with E-state index in [1.807, 2.05) is 19.0 Å². The molecule has 3 nitrogen and oxygen atoms in total. The van der Waals surface area contributed by atoms with Crippen molar-refractivity contribution >= 4 is 29.9 Å². The van der Waals surface area contributed by atoms with E-state index >= 15 is 0 Å². The molecule has 0 aromatic rings. The number of halogens is 1. The van der Waals surface area contributed by atoms with Crippen molar-refractivity contribution in [3.8, 4) is 0 Å². The SMILES string of the molecule is CN=C(NC(C)C)N(C)C.I. The highest BCUT2D eigenvalue weighted by molar-refractivity contribution is 14.0. The van der Waals surface area contributed by atoms with Gasteiger partial charge in [0.15, 0.2) is 5.96 Å². The molecule has 0 unspecified atom stereocenters. The van der Waals surface area contributed by atoms with E-state index in [9.17, 15) is 0 Å². The van der Waals surface area contributed by atoms with Crippen LogP contribution in [0.4, 0.5) is 0 Å². The highest BCUT2D eigenvalue weighted by atomic mass is 127. The minimum atomic E-state index is 0. The van der Waals surface area contributed by atoms with E-state index in [1.54, 1.807) is 7.05 Å². The Bertz CT molecular complexity index is 121. The normalized spacial score (nSPS) is 10.9. The predicted molar refractivity (Wildman–Crippen MR) is 60.7 cm³/mol. The van der Waals surface area contributed by atoms with Gasteiger partial charge in [-0.2, -0.15) is 0 Å². The second-order valence-electron chi connectivity index (χ2n) is 2.74. The summed E-state index contributed by atoms with van der Waals surface area (Å²) in [5.41, 5.74) is 0. The maximum absolute atomic E-state index is 4.06. The molecule has 0 aromatic heterocycles. The smallest absolute Gasteiger partial charge is 0.193 e. The molecular formula is C7H18IN3. The topological polar surface area (TPSA) is 27.6 Å². The maximum atomic E-state index is 4.06. The molecule has 0 atom stereocenters. The molecule has 0 aliphatic heterocycles. The molecule has 0 spiro atoms. The third-order valence-corrected chi connectivity index (χ3v) is 1.05. The molecule has 0 heterocycles. The number of aliphatic imine (C=N–C) groups is 1. The van der Waals surface area contributed by atoms with Crippen molar-refractivity contribution in [1.29, 1.82) is 0 Å². The van der Waals surface area contributed by atoms with Crippen molar-refractivity contribution in [2.75, 3.05) is 21.1 Å². The minimum absolute atomic E-state index is 0. The van der Waals surface area contributed by atoms with E-state index in [0.29, 0.717) is 6.04 Å². The van der Waals surface area contributed by atoms with E-state index in [4.69, 9.17) is 0 Å². The summed E-state index contributed by atoms with van der Waals surface area (Å²) in [5.74, 6) is 0.926. The van der Waals surface area contributed by atoms with Crippen molar-refractivity contribution in [3.63, 3.8) is 0 Å². The van der Waals surface area contributed by atoms with Crippen LogP contribution in [0.15, 0.2) is 4.99 Å². The van der Waals surface area contributed by atoms with Crippen LogP contribution >= 0.6 is 24.0 Å². The maximum Gasteiger partial charge on any atom is 0.193 e. The molecule has 11 heavy (non-hydrogen) atoms. The molecule has 0 aliphatic rings. The monoisotopic (exact) mass is 271 g/mol. The molecule has 0 rings (SSSR count). The molecule has 0 saturated heterocycles. The van der Waals surface area contributed by atoms with Crippen LogP contribution in [0.1, 0.15) is 13.8 Å². The molecule has 0 aliphatic carbocycles. The number of rotatable bonds is 1. The van der Waals surface area contributed by atoms with Crippen LogP contribution in [0.25, 0.3) is 0 Å². The summed E-state index contributed by atoms with van der Waals surface area (Å²) in [6, 6.07) is 0.445. The van der Waals surface area contributed by atoms with E-state index in [2.05, 4.69) is 24.2 Å². The number of hydrogen-bond donors (Lipinski definition) is 1. The zero-order chi connectivity index (χ0) is 8.15. The molecular weight excluding hydrogens is 253 g/mol. The summed E-state index contributed by atoms with van der Waals surface area (Å²) >= 11 is 0. The van der Waals surface area contributed by atoms with E-state index < -0.39 is 0 Å². The van der Waals surface area contributed by atoms with Gasteiger partial charge in [0.05, 0.1) is 0 Å². The Labute approximate surface area is 86.3 Å². The molecule has 1 N–H and O–H groups in total. The number of nitrogens with zero attached hydrogens (tertiary/aromatic N) is 2. The van der Waals surface area contributed by atoms with Gasteiger partial charge in [-0.3, -0.25) is 4.99 Å². The molecule has 0 bridgehead atoms.